The van der Waals surface area contributed by atoms with E-state index in [9.17, 15) is 9.18 Å². The van der Waals surface area contributed by atoms with Crippen molar-refractivity contribution in [2.45, 2.75) is 63.5 Å². The van der Waals surface area contributed by atoms with E-state index in [0.29, 0.717) is 5.95 Å². The van der Waals surface area contributed by atoms with Crippen LogP contribution in [0.5, 0.6) is 0 Å². The molecule has 31 heavy (non-hydrogen) atoms. The zero-order valence-electron chi connectivity index (χ0n) is 18.0. The van der Waals surface area contributed by atoms with Gasteiger partial charge in [-0.1, -0.05) is 17.7 Å². The van der Waals surface area contributed by atoms with Gasteiger partial charge in [0.2, 0.25) is 5.95 Å². The normalized spacial score (nSPS) is 20.6. The largest absolute Gasteiger partial charge is 0.362 e. The maximum Gasteiger partial charge on any atom is 0.254 e. The van der Waals surface area contributed by atoms with Crippen molar-refractivity contribution >= 4 is 29.3 Å². The highest BCUT2D eigenvalue weighted by Crippen LogP contribution is 2.29. The minimum Gasteiger partial charge on any atom is -0.362 e. The number of amides is 1. The van der Waals surface area contributed by atoms with Gasteiger partial charge in [0.1, 0.15) is 5.82 Å². The Balaban J connectivity index is 1.36. The summed E-state index contributed by atoms with van der Waals surface area (Å²) in [5.74, 6) is 0.623. The predicted molar refractivity (Wildman–Crippen MR) is 122 cm³/mol. The molecule has 0 aliphatic heterocycles. The molecule has 166 valence electrons. The number of aromatic nitrogens is 2. The number of nitrogens with one attached hydrogen (secondary N) is 2. The number of rotatable bonds is 5. The van der Waals surface area contributed by atoms with Gasteiger partial charge in [-0.05, 0) is 63.5 Å². The zero-order chi connectivity index (χ0) is 22.0. The fourth-order valence-corrected chi connectivity index (χ4v) is 4.69. The van der Waals surface area contributed by atoms with Gasteiger partial charge in [0.15, 0.2) is 5.82 Å². The van der Waals surface area contributed by atoms with Crippen molar-refractivity contribution in [3.8, 4) is 0 Å². The number of hydrogen-bond donors (Lipinski definition) is 2. The molecule has 8 heteroatoms. The number of benzene rings is 1. The van der Waals surface area contributed by atoms with E-state index < -0.39 is 11.7 Å². The van der Waals surface area contributed by atoms with E-state index in [-0.39, 0.29) is 22.7 Å². The molecule has 2 aliphatic rings. The molecule has 2 aromatic rings. The van der Waals surface area contributed by atoms with Crippen LogP contribution in [0.25, 0.3) is 0 Å². The highest BCUT2D eigenvalue weighted by molar-refractivity contribution is 6.31. The highest BCUT2D eigenvalue weighted by atomic mass is 35.5. The second kappa shape index (κ2) is 9.39. The quantitative estimate of drug-likeness (QED) is 0.715. The van der Waals surface area contributed by atoms with E-state index >= 15 is 0 Å². The van der Waals surface area contributed by atoms with Gasteiger partial charge in [-0.15, -0.1) is 0 Å². The summed E-state index contributed by atoms with van der Waals surface area (Å²) in [6.45, 7) is 0. The molecule has 1 fully saturated rings. The Bertz CT molecular complexity index is 959. The molecule has 2 aliphatic carbocycles. The Morgan fingerprint density at radius 3 is 2.55 bits per heavy atom. The van der Waals surface area contributed by atoms with Gasteiger partial charge in [0.25, 0.3) is 5.91 Å². The average molecular weight is 446 g/mol. The molecule has 0 radical (unpaired) electrons. The van der Waals surface area contributed by atoms with Gasteiger partial charge in [-0.3, -0.25) is 4.79 Å². The number of carbonyl (C=O) groups excluding carboxylic acids is 1. The molecule has 6 nitrogen and oxygen atoms in total. The lowest BCUT2D eigenvalue weighted by Crippen LogP contribution is -2.40. The third-order valence-electron chi connectivity index (χ3n) is 6.18. The number of fused-ring (bicyclic) bond motifs is 1. The van der Waals surface area contributed by atoms with E-state index in [2.05, 4.69) is 15.5 Å². The smallest absolute Gasteiger partial charge is 0.254 e. The molecule has 0 unspecified atom stereocenters. The van der Waals surface area contributed by atoms with Gasteiger partial charge in [-0.25, -0.2) is 9.37 Å². The Hall–Kier alpha value is -2.41. The fraction of sp³-hybridized carbons (Fsp3) is 0.522. The molecule has 1 saturated carbocycles. The number of halogens is 2. The van der Waals surface area contributed by atoms with Crippen LogP contribution in [0.1, 0.15) is 60.1 Å². The lowest BCUT2D eigenvalue weighted by Gasteiger charge is -2.30. The number of aryl methyl sites for hydroxylation is 1. The first-order valence-corrected chi connectivity index (χ1v) is 11.4. The van der Waals surface area contributed by atoms with E-state index in [4.69, 9.17) is 21.6 Å². The minimum absolute atomic E-state index is 0.00794. The standard InChI is InChI=1S/C23H29ClFN5O/c1-30(2)21-16-6-3-4-9-19(16)28-23(29-21)27-15-12-10-14(11-13-15)26-22(31)17-7-5-8-18(24)20(17)25/h5,7-8,14-15H,3-4,6,9-13H2,1-2H3,(H,26,31)(H,27,28,29). The molecule has 0 atom stereocenters. The molecule has 4 rings (SSSR count). The minimum atomic E-state index is -0.668. The molecule has 0 spiro atoms. The molecule has 0 saturated heterocycles. The van der Waals surface area contributed by atoms with Gasteiger partial charge in [0, 0.05) is 31.7 Å². The van der Waals surface area contributed by atoms with Crippen LogP contribution in [0.3, 0.4) is 0 Å². The van der Waals surface area contributed by atoms with E-state index in [1.54, 1.807) is 6.07 Å². The Morgan fingerprint density at radius 1 is 1.10 bits per heavy atom. The van der Waals surface area contributed by atoms with Crippen molar-refractivity contribution in [2.75, 3.05) is 24.3 Å². The lowest BCUT2D eigenvalue weighted by molar-refractivity contribution is 0.0922. The number of anilines is 2. The highest BCUT2D eigenvalue weighted by Gasteiger charge is 2.26. The van der Waals surface area contributed by atoms with Crippen molar-refractivity contribution in [1.29, 1.82) is 0 Å². The van der Waals surface area contributed by atoms with Gasteiger partial charge in [0.05, 0.1) is 16.3 Å². The summed E-state index contributed by atoms with van der Waals surface area (Å²) < 4.78 is 14.1. The molecule has 1 amide bonds. The van der Waals surface area contributed by atoms with Crippen LogP contribution in [0.2, 0.25) is 5.02 Å². The van der Waals surface area contributed by atoms with Crippen molar-refractivity contribution in [3.05, 3.63) is 45.9 Å². The van der Waals surface area contributed by atoms with Crippen LogP contribution in [0.4, 0.5) is 16.2 Å². The second-order valence-electron chi connectivity index (χ2n) is 8.67. The van der Waals surface area contributed by atoms with Gasteiger partial charge >= 0.3 is 0 Å². The molecule has 1 heterocycles. The maximum atomic E-state index is 14.1. The summed E-state index contributed by atoms with van der Waals surface area (Å²) in [5.41, 5.74) is 2.44. The van der Waals surface area contributed by atoms with Crippen molar-refractivity contribution < 1.29 is 9.18 Å². The van der Waals surface area contributed by atoms with E-state index in [0.717, 1.165) is 50.0 Å². The first kappa shape index (κ1) is 21.8. The lowest BCUT2D eigenvalue weighted by atomic mass is 9.91. The summed E-state index contributed by atoms with van der Waals surface area (Å²) in [6.07, 6.45) is 7.83. The van der Waals surface area contributed by atoms with Crippen LogP contribution in [0.15, 0.2) is 18.2 Å². The zero-order valence-corrected chi connectivity index (χ0v) is 18.8. The van der Waals surface area contributed by atoms with Crippen LogP contribution < -0.4 is 15.5 Å². The van der Waals surface area contributed by atoms with Crippen LogP contribution in [-0.4, -0.2) is 42.1 Å². The van der Waals surface area contributed by atoms with Crippen molar-refractivity contribution in [1.82, 2.24) is 15.3 Å². The summed E-state index contributed by atoms with van der Waals surface area (Å²) in [5, 5.41) is 6.42. The van der Waals surface area contributed by atoms with Crippen LogP contribution in [-0.2, 0) is 12.8 Å². The van der Waals surface area contributed by atoms with Crippen molar-refractivity contribution in [2.24, 2.45) is 0 Å². The molecular formula is C23H29ClFN5O. The van der Waals surface area contributed by atoms with Crippen LogP contribution in [0, 0.1) is 5.82 Å². The number of carbonyl (C=O) groups is 1. The molecule has 2 N–H and O–H groups in total. The molecule has 0 bridgehead atoms. The molecule has 1 aromatic carbocycles. The Kier molecular flexibility index (Phi) is 6.60. The SMILES string of the molecule is CN(C)c1nc(NC2CCC(NC(=O)c3cccc(Cl)c3F)CC2)nc2c1CCCC2. The average Bonchev–Trinajstić information content (AvgIpc) is 2.76. The van der Waals surface area contributed by atoms with Gasteiger partial charge in [-0.2, -0.15) is 4.98 Å². The Morgan fingerprint density at radius 2 is 1.81 bits per heavy atom. The fourth-order valence-electron chi connectivity index (χ4n) is 4.52. The Labute approximate surface area is 187 Å². The van der Waals surface area contributed by atoms with Crippen LogP contribution >= 0.6 is 11.6 Å². The summed E-state index contributed by atoms with van der Waals surface area (Å²) >= 11 is 5.79. The first-order chi connectivity index (χ1) is 14.9. The van der Waals surface area contributed by atoms with E-state index in [1.165, 1.54) is 30.5 Å². The summed E-state index contributed by atoms with van der Waals surface area (Å²) in [7, 11) is 4.05. The summed E-state index contributed by atoms with van der Waals surface area (Å²) in [4.78, 5) is 24.1. The third-order valence-corrected chi connectivity index (χ3v) is 6.47. The number of hydrogen-bond acceptors (Lipinski definition) is 5. The first-order valence-electron chi connectivity index (χ1n) is 11.0. The maximum absolute atomic E-state index is 14.1. The van der Waals surface area contributed by atoms with E-state index in [1.807, 2.05) is 14.1 Å². The number of nitrogens with zero attached hydrogens (tertiary/aromatic N) is 3. The summed E-state index contributed by atoms with van der Waals surface area (Å²) in [6, 6.07) is 4.76. The monoisotopic (exact) mass is 445 g/mol. The molecule has 1 aromatic heterocycles. The topological polar surface area (TPSA) is 70.2 Å². The predicted octanol–water partition coefficient (Wildman–Crippen LogP) is 4.37. The van der Waals surface area contributed by atoms with Crippen molar-refractivity contribution in [3.63, 3.8) is 0 Å². The molecular weight excluding hydrogens is 417 g/mol. The third kappa shape index (κ3) is 4.92. The second-order valence-corrected chi connectivity index (χ2v) is 9.07. The van der Waals surface area contributed by atoms with Gasteiger partial charge < -0.3 is 15.5 Å².